The second-order valence-electron chi connectivity index (χ2n) is 4.36. The largest absolute Gasteiger partial charge is 0.496 e. The summed E-state index contributed by atoms with van der Waals surface area (Å²) < 4.78 is 4.94. The number of benzene rings is 1. The van der Waals surface area contributed by atoms with Crippen LogP contribution in [0.15, 0.2) is 18.2 Å². The zero-order valence-electron chi connectivity index (χ0n) is 11.7. The van der Waals surface area contributed by atoms with Crippen molar-refractivity contribution in [3.8, 4) is 5.75 Å². The summed E-state index contributed by atoms with van der Waals surface area (Å²) in [6.07, 6.45) is -2.22. The van der Waals surface area contributed by atoms with Crippen LogP contribution in [-0.4, -0.2) is 39.2 Å². The van der Waals surface area contributed by atoms with Gasteiger partial charge in [-0.15, -0.1) is 0 Å². The molecule has 7 nitrogen and oxygen atoms in total. The van der Waals surface area contributed by atoms with E-state index in [0.717, 1.165) is 11.8 Å². The first kappa shape index (κ1) is 17.4. The molecule has 0 spiro atoms. The quantitative estimate of drug-likeness (QED) is 0.581. The van der Waals surface area contributed by atoms with E-state index in [4.69, 9.17) is 4.74 Å². The van der Waals surface area contributed by atoms with E-state index in [1.807, 2.05) is 0 Å². The lowest BCUT2D eigenvalue weighted by Crippen LogP contribution is -2.19. The van der Waals surface area contributed by atoms with Gasteiger partial charge in [0.2, 0.25) is 0 Å². The Morgan fingerprint density at radius 3 is 2.62 bits per heavy atom. The third-order valence-electron chi connectivity index (χ3n) is 2.79. The van der Waals surface area contributed by atoms with Gasteiger partial charge in [0.15, 0.2) is 5.12 Å². The molecule has 2 atom stereocenters. The Morgan fingerprint density at radius 2 is 2.10 bits per heavy atom. The van der Waals surface area contributed by atoms with Gasteiger partial charge in [0.1, 0.15) is 11.9 Å². The molecule has 0 saturated heterocycles. The molecule has 0 saturated carbocycles. The molecule has 1 aromatic rings. The summed E-state index contributed by atoms with van der Waals surface area (Å²) in [4.78, 5) is 21.0. The Morgan fingerprint density at radius 1 is 1.43 bits per heavy atom. The number of hydrogen-bond acceptors (Lipinski definition) is 7. The normalized spacial score (nSPS) is 13.5. The lowest BCUT2D eigenvalue weighted by Gasteiger charge is -2.18. The number of aliphatic hydroxyl groups is 2. The first-order chi connectivity index (χ1) is 9.85. The van der Waals surface area contributed by atoms with Gasteiger partial charge in [0.05, 0.1) is 24.2 Å². The van der Waals surface area contributed by atoms with Gasteiger partial charge in [-0.1, -0.05) is 11.8 Å². The molecule has 0 bridgehead atoms. The number of non-ortho nitro benzene ring substituents is 1. The standard InChI is InChI=1S/C13H17NO6S/c1-8(15)21-4-3-12(16)13(17)9-5-10(14(18)19)7-11(6-9)20-2/h5-7,12-13,16-17H,3-4H2,1-2H3. The Hall–Kier alpha value is -1.64. The van der Waals surface area contributed by atoms with Crippen molar-refractivity contribution in [1.82, 2.24) is 0 Å². The van der Waals surface area contributed by atoms with Gasteiger partial charge in [-0.25, -0.2) is 0 Å². The number of carbonyl (C=O) groups excluding carboxylic acids is 1. The third kappa shape index (κ3) is 5.33. The number of nitro groups is 1. The summed E-state index contributed by atoms with van der Waals surface area (Å²) >= 11 is 1.04. The van der Waals surface area contributed by atoms with Crippen LogP contribution in [-0.2, 0) is 4.79 Å². The van der Waals surface area contributed by atoms with Gasteiger partial charge >= 0.3 is 0 Å². The van der Waals surface area contributed by atoms with Crippen molar-refractivity contribution in [2.45, 2.75) is 25.6 Å². The fourth-order valence-electron chi connectivity index (χ4n) is 1.70. The minimum atomic E-state index is -1.29. The summed E-state index contributed by atoms with van der Waals surface area (Å²) in [7, 11) is 1.36. The minimum absolute atomic E-state index is 0.0753. The van der Waals surface area contributed by atoms with E-state index in [1.54, 1.807) is 0 Å². The summed E-state index contributed by atoms with van der Waals surface area (Å²) in [6.45, 7) is 1.42. The van der Waals surface area contributed by atoms with Crippen molar-refractivity contribution in [3.05, 3.63) is 33.9 Å². The number of aliphatic hydroxyl groups excluding tert-OH is 2. The molecule has 2 N–H and O–H groups in total. The average molecular weight is 315 g/mol. The van der Waals surface area contributed by atoms with Gasteiger partial charge in [-0.2, -0.15) is 0 Å². The van der Waals surface area contributed by atoms with E-state index in [2.05, 4.69) is 0 Å². The number of rotatable bonds is 7. The highest BCUT2D eigenvalue weighted by atomic mass is 32.2. The molecule has 0 radical (unpaired) electrons. The van der Waals surface area contributed by atoms with Crippen LogP contribution in [0.1, 0.15) is 25.0 Å². The van der Waals surface area contributed by atoms with E-state index in [1.165, 1.54) is 32.2 Å². The van der Waals surface area contributed by atoms with Crippen LogP contribution in [0.4, 0.5) is 5.69 Å². The highest BCUT2D eigenvalue weighted by molar-refractivity contribution is 8.13. The van der Waals surface area contributed by atoms with Gasteiger partial charge in [-0.05, 0) is 18.1 Å². The lowest BCUT2D eigenvalue weighted by atomic mass is 10.0. The SMILES string of the molecule is COc1cc(C(O)C(O)CCSC(C)=O)cc([N+](=O)[O-])c1. The molecular formula is C13H17NO6S. The number of nitro benzene ring substituents is 1. The molecular weight excluding hydrogens is 298 g/mol. The summed E-state index contributed by atoms with van der Waals surface area (Å²) in [5, 5.41) is 30.7. The predicted molar refractivity (Wildman–Crippen MR) is 78.4 cm³/mol. The monoisotopic (exact) mass is 315 g/mol. The number of thioether (sulfide) groups is 1. The van der Waals surface area contributed by atoms with E-state index < -0.39 is 17.1 Å². The van der Waals surface area contributed by atoms with E-state index in [-0.39, 0.29) is 28.5 Å². The van der Waals surface area contributed by atoms with Crippen LogP contribution in [0.2, 0.25) is 0 Å². The Kier molecular flexibility index (Phi) is 6.60. The number of hydrogen-bond donors (Lipinski definition) is 2. The van der Waals surface area contributed by atoms with Crippen LogP contribution >= 0.6 is 11.8 Å². The first-order valence-electron chi connectivity index (χ1n) is 6.18. The number of methoxy groups -OCH3 is 1. The maximum atomic E-state index is 10.8. The predicted octanol–water partition coefficient (Wildman–Crippen LogP) is 1.67. The van der Waals surface area contributed by atoms with E-state index >= 15 is 0 Å². The van der Waals surface area contributed by atoms with E-state index in [9.17, 15) is 25.1 Å². The first-order valence-corrected chi connectivity index (χ1v) is 7.16. The summed E-state index contributed by atoms with van der Waals surface area (Å²) in [5.74, 6) is 0.586. The fourth-order valence-corrected chi connectivity index (χ4v) is 2.35. The number of nitrogens with zero attached hydrogens (tertiary/aromatic N) is 1. The Labute approximate surface area is 126 Å². The van der Waals surface area contributed by atoms with Gasteiger partial charge in [0, 0.05) is 18.7 Å². The number of carbonyl (C=O) groups is 1. The maximum Gasteiger partial charge on any atom is 0.273 e. The van der Waals surface area contributed by atoms with Gasteiger partial charge < -0.3 is 14.9 Å². The van der Waals surface area contributed by atoms with Crippen molar-refractivity contribution < 1.29 is 24.7 Å². The maximum absolute atomic E-state index is 10.8. The van der Waals surface area contributed by atoms with Crippen LogP contribution in [0, 0.1) is 10.1 Å². The second kappa shape index (κ2) is 7.96. The molecule has 0 aromatic heterocycles. The molecule has 0 fully saturated rings. The van der Waals surface area contributed by atoms with Crippen LogP contribution in [0.5, 0.6) is 5.75 Å². The smallest absolute Gasteiger partial charge is 0.273 e. The molecule has 0 aliphatic heterocycles. The molecule has 0 amide bonds. The highest BCUT2D eigenvalue weighted by Crippen LogP contribution is 2.29. The highest BCUT2D eigenvalue weighted by Gasteiger charge is 2.22. The van der Waals surface area contributed by atoms with Crippen LogP contribution in [0.25, 0.3) is 0 Å². The topological polar surface area (TPSA) is 110 Å². The molecule has 0 aliphatic carbocycles. The molecule has 0 heterocycles. The van der Waals surface area contributed by atoms with Gasteiger partial charge in [-0.3, -0.25) is 14.9 Å². The van der Waals surface area contributed by atoms with Crippen LogP contribution < -0.4 is 4.74 Å². The average Bonchev–Trinajstić information content (AvgIpc) is 2.45. The minimum Gasteiger partial charge on any atom is -0.496 e. The van der Waals surface area contributed by atoms with Crippen molar-refractivity contribution in [3.63, 3.8) is 0 Å². The zero-order valence-corrected chi connectivity index (χ0v) is 12.5. The van der Waals surface area contributed by atoms with Crippen LogP contribution in [0.3, 0.4) is 0 Å². The molecule has 21 heavy (non-hydrogen) atoms. The zero-order chi connectivity index (χ0) is 16.0. The van der Waals surface area contributed by atoms with Crippen molar-refractivity contribution >= 4 is 22.6 Å². The summed E-state index contributed by atoms with van der Waals surface area (Å²) in [6, 6.07) is 3.85. The van der Waals surface area contributed by atoms with Crippen molar-refractivity contribution in [1.29, 1.82) is 0 Å². The van der Waals surface area contributed by atoms with Gasteiger partial charge in [0.25, 0.3) is 5.69 Å². The Bertz CT molecular complexity index is 521. The third-order valence-corrected chi connectivity index (χ3v) is 3.63. The van der Waals surface area contributed by atoms with E-state index in [0.29, 0.717) is 5.75 Å². The molecule has 116 valence electrons. The van der Waals surface area contributed by atoms with Crippen molar-refractivity contribution in [2.24, 2.45) is 0 Å². The summed E-state index contributed by atoms with van der Waals surface area (Å²) in [5.41, 5.74) is -0.0323. The molecule has 1 aromatic carbocycles. The second-order valence-corrected chi connectivity index (χ2v) is 5.63. The lowest BCUT2D eigenvalue weighted by molar-refractivity contribution is -0.385. The molecule has 2 unspecified atom stereocenters. The molecule has 8 heteroatoms. The fraction of sp³-hybridized carbons (Fsp3) is 0.462. The van der Waals surface area contributed by atoms with Crippen molar-refractivity contribution in [2.75, 3.05) is 12.9 Å². The molecule has 1 rings (SSSR count). The Balaban J connectivity index is 2.84. The number of ether oxygens (including phenoxy) is 1. The molecule has 0 aliphatic rings.